The molecule has 0 spiro atoms. The molecule has 112 valence electrons. The van der Waals surface area contributed by atoms with Gasteiger partial charge in [-0.2, -0.15) is 0 Å². The fraction of sp³-hybridized carbons (Fsp3) is 0. The molecule has 6 heteroatoms. The molecule has 0 aliphatic carbocycles. The van der Waals surface area contributed by atoms with Crippen LogP contribution in [-0.4, -0.2) is 19.9 Å². The van der Waals surface area contributed by atoms with Crippen LogP contribution in [0.3, 0.4) is 0 Å². The second kappa shape index (κ2) is 5.42. The third-order valence-electron chi connectivity index (χ3n) is 3.48. The van der Waals surface area contributed by atoms with Crippen LogP contribution in [0.5, 0.6) is 11.6 Å². The summed E-state index contributed by atoms with van der Waals surface area (Å²) in [6.07, 6.45) is 6.87. The highest BCUT2D eigenvalue weighted by Gasteiger charge is 2.14. The van der Waals surface area contributed by atoms with Gasteiger partial charge in [0.2, 0.25) is 5.88 Å². The maximum atomic E-state index is 5.92. The first-order chi connectivity index (χ1) is 11.3. The van der Waals surface area contributed by atoms with Gasteiger partial charge in [-0.1, -0.05) is 12.1 Å². The fourth-order valence-corrected chi connectivity index (χ4v) is 2.45. The Morgan fingerprint density at radius 2 is 2.04 bits per heavy atom. The lowest BCUT2D eigenvalue weighted by atomic mass is 10.1. The van der Waals surface area contributed by atoms with Crippen molar-refractivity contribution in [3.05, 3.63) is 61.3 Å². The molecule has 4 rings (SSSR count). The molecule has 3 N–H and O–H groups in total. The van der Waals surface area contributed by atoms with Crippen LogP contribution in [0.4, 0.5) is 5.69 Å². The summed E-state index contributed by atoms with van der Waals surface area (Å²) in [6.45, 7) is 0. The van der Waals surface area contributed by atoms with Crippen LogP contribution in [0.15, 0.2) is 61.3 Å². The zero-order chi connectivity index (χ0) is 15.6. The molecule has 3 heterocycles. The van der Waals surface area contributed by atoms with E-state index < -0.39 is 0 Å². The maximum Gasteiger partial charge on any atom is 0.232 e. The highest BCUT2D eigenvalue weighted by molar-refractivity contribution is 5.97. The Hall–Kier alpha value is -3.41. The van der Waals surface area contributed by atoms with Gasteiger partial charge in [-0.05, 0) is 18.2 Å². The molecule has 0 bridgehead atoms. The number of anilines is 1. The molecule has 3 aromatic heterocycles. The largest absolute Gasteiger partial charge is 0.438 e. The summed E-state index contributed by atoms with van der Waals surface area (Å²) < 4.78 is 5.92. The summed E-state index contributed by atoms with van der Waals surface area (Å²) in [5.74, 6) is 1.10. The van der Waals surface area contributed by atoms with Gasteiger partial charge >= 0.3 is 0 Å². The Morgan fingerprint density at radius 1 is 1.09 bits per heavy atom. The number of ether oxygens (including phenoxy) is 1. The Labute approximate surface area is 132 Å². The molecule has 4 aromatic rings. The van der Waals surface area contributed by atoms with Gasteiger partial charge in [0.25, 0.3) is 0 Å². The summed E-state index contributed by atoms with van der Waals surface area (Å²) in [4.78, 5) is 15.8. The standard InChI is InChI=1S/C17H13N5O/c18-12-4-1-5-13(7-12)23-17-15-14(11-3-2-6-19-8-11)9-20-16(15)21-10-22-17/h1-10H,18H2,(H,20,21,22). The molecule has 0 aliphatic heterocycles. The summed E-state index contributed by atoms with van der Waals surface area (Å²) in [5, 5.41) is 0.808. The topological polar surface area (TPSA) is 89.7 Å². The predicted molar refractivity (Wildman–Crippen MR) is 88.0 cm³/mol. The van der Waals surface area contributed by atoms with Crippen molar-refractivity contribution in [2.75, 3.05) is 5.73 Å². The Kier molecular flexibility index (Phi) is 3.12. The van der Waals surface area contributed by atoms with Crippen LogP contribution in [-0.2, 0) is 0 Å². The number of aromatic nitrogens is 4. The second-order valence-corrected chi connectivity index (χ2v) is 5.02. The molecule has 0 saturated carbocycles. The van der Waals surface area contributed by atoms with Gasteiger partial charge in [0.05, 0.1) is 5.39 Å². The lowest BCUT2D eigenvalue weighted by Crippen LogP contribution is -1.92. The van der Waals surface area contributed by atoms with Gasteiger partial charge in [-0.15, -0.1) is 0 Å². The van der Waals surface area contributed by atoms with Crippen molar-refractivity contribution in [2.45, 2.75) is 0 Å². The smallest absolute Gasteiger partial charge is 0.232 e. The van der Waals surface area contributed by atoms with Crippen molar-refractivity contribution in [2.24, 2.45) is 0 Å². The van der Waals surface area contributed by atoms with E-state index in [1.54, 1.807) is 24.5 Å². The number of H-pyrrole nitrogens is 1. The Balaban J connectivity index is 1.85. The number of nitrogens with one attached hydrogen (secondary N) is 1. The number of benzene rings is 1. The molecular weight excluding hydrogens is 290 g/mol. The van der Waals surface area contributed by atoms with E-state index in [0.717, 1.165) is 16.5 Å². The van der Waals surface area contributed by atoms with Gasteiger partial charge < -0.3 is 15.5 Å². The fourth-order valence-electron chi connectivity index (χ4n) is 2.45. The van der Waals surface area contributed by atoms with E-state index >= 15 is 0 Å². The van der Waals surface area contributed by atoms with E-state index in [0.29, 0.717) is 23.0 Å². The Bertz CT molecular complexity index is 965. The number of hydrogen-bond acceptors (Lipinski definition) is 5. The van der Waals surface area contributed by atoms with Crippen molar-refractivity contribution >= 4 is 16.7 Å². The SMILES string of the molecule is Nc1cccc(Oc2ncnc3[nH]cc(-c4cccnc4)c23)c1. The number of nitrogens with zero attached hydrogens (tertiary/aromatic N) is 3. The molecule has 0 amide bonds. The first-order valence-corrected chi connectivity index (χ1v) is 7.07. The molecule has 0 fully saturated rings. The number of fused-ring (bicyclic) bond motifs is 1. The van der Waals surface area contributed by atoms with Gasteiger partial charge in [0.15, 0.2) is 0 Å². The number of aromatic amines is 1. The van der Waals surface area contributed by atoms with Crippen molar-refractivity contribution in [3.63, 3.8) is 0 Å². The summed E-state index contributed by atoms with van der Waals surface area (Å²) in [5.41, 5.74) is 9.04. The monoisotopic (exact) mass is 303 g/mol. The Morgan fingerprint density at radius 3 is 2.87 bits per heavy atom. The lowest BCUT2D eigenvalue weighted by Gasteiger charge is -2.07. The van der Waals surface area contributed by atoms with Crippen LogP contribution >= 0.6 is 0 Å². The van der Waals surface area contributed by atoms with E-state index in [2.05, 4.69) is 19.9 Å². The summed E-state index contributed by atoms with van der Waals surface area (Å²) in [6, 6.07) is 11.1. The van der Waals surface area contributed by atoms with E-state index in [1.807, 2.05) is 30.5 Å². The van der Waals surface area contributed by atoms with Gasteiger partial charge in [-0.3, -0.25) is 4.98 Å². The van der Waals surface area contributed by atoms with Crippen LogP contribution in [0.25, 0.3) is 22.2 Å². The summed E-state index contributed by atoms with van der Waals surface area (Å²) >= 11 is 0. The molecule has 0 radical (unpaired) electrons. The summed E-state index contributed by atoms with van der Waals surface area (Å²) in [7, 11) is 0. The number of nitrogens with two attached hydrogens (primary N) is 1. The zero-order valence-corrected chi connectivity index (χ0v) is 12.1. The van der Waals surface area contributed by atoms with E-state index in [1.165, 1.54) is 6.33 Å². The first-order valence-electron chi connectivity index (χ1n) is 7.07. The molecule has 0 unspecified atom stereocenters. The van der Waals surface area contributed by atoms with Crippen molar-refractivity contribution in [1.29, 1.82) is 0 Å². The van der Waals surface area contributed by atoms with Crippen LogP contribution < -0.4 is 10.5 Å². The van der Waals surface area contributed by atoms with E-state index in [4.69, 9.17) is 10.5 Å². The number of pyridine rings is 1. The lowest BCUT2D eigenvalue weighted by molar-refractivity contribution is 0.468. The van der Waals surface area contributed by atoms with Crippen LogP contribution in [0, 0.1) is 0 Å². The van der Waals surface area contributed by atoms with E-state index in [-0.39, 0.29) is 0 Å². The average molecular weight is 303 g/mol. The number of nitrogen functional groups attached to an aromatic ring is 1. The van der Waals surface area contributed by atoms with Crippen molar-refractivity contribution < 1.29 is 4.74 Å². The quantitative estimate of drug-likeness (QED) is 0.566. The second-order valence-electron chi connectivity index (χ2n) is 5.02. The third kappa shape index (κ3) is 2.46. The third-order valence-corrected chi connectivity index (χ3v) is 3.48. The molecule has 6 nitrogen and oxygen atoms in total. The van der Waals surface area contributed by atoms with Gasteiger partial charge in [-0.25, -0.2) is 9.97 Å². The molecule has 0 aliphatic rings. The van der Waals surface area contributed by atoms with Gasteiger partial charge in [0, 0.05) is 41.5 Å². The molecular formula is C17H13N5O. The molecule has 1 aromatic carbocycles. The predicted octanol–water partition coefficient (Wildman–Crippen LogP) is 3.39. The van der Waals surface area contributed by atoms with Crippen molar-refractivity contribution in [3.8, 4) is 22.8 Å². The zero-order valence-electron chi connectivity index (χ0n) is 12.1. The minimum atomic E-state index is 0.473. The van der Waals surface area contributed by atoms with Crippen LogP contribution in [0.1, 0.15) is 0 Å². The number of hydrogen-bond donors (Lipinski definition) is 2. The van der Waals surface area contributed by atoms with Gasteiger partial charge in [0.1, 0.15) is 17.7 Å². The maximum absolute atomic E-state index is 5.92. The normalized spacial score (nSPS) is 10.8. The molecule has 0 saturated heterocycles. The average Bonchev–Trinajstić information content (AvgIpc) is 3.01. The first kappa shape index (κ1) is 13.3. The molecule has 0 atom stereocenters. The minimum absolute atomic E-state index is 0.473. The van der Waals surface area contributed by atoms with Crippen LogP contribution in [0.2, 0.25) is 0 Å². The minimum Gasteiger partial charge on any atom is -0.438 e. The highest BCUT2D eigenvalue weighted by Crippen LogP contribution is 2.34. The van der Waals surface area contributed by atoms with E-state index in [9.17, 15) is 0 Å². The molecule has 23 heavy (non-hydrogen) atoms. The highest BCUT2D eigenvalue weighted by atomic mass is 16.5. The number of rotatable bonds is 3. The van der Waals surface area contributed by atoms with Crippen molar-refractivity contribution in [1.82, 2.24) is 19.9 Å².